The first-order valence-corrected chi connectivity index (χ1v) is 7.60. The number of nitrogens with zero attached hydrogens (tertiary/aromatic N) is 2. The minimum Gasteiger partial charge on any atom is -0.208 e. The fraction of sp³-hybridized carbons (Fsp3) is 0.100. The van der Waals surface area contributed by atoms with Crippen LogP contribution < -0.4 is 0 Å². The number of amidine groups is 2. The minimum absolute atomic E-state index is 0.828. The molecule has 0 atom stereocenters. The van der Waals surface area contributed by atoms with E-state index in [9.17, 15) is 0 Å². The summed E-state index contributed by atoms with van der Waals surface area (Å²) in [4.78, 5) is 9.13. The third-order valence-electron chi connectivity index (χ3n) is 3.93. The van der Waals surface area contributed by atoms with Crippen LogP contribution in [0, 0.1) is 0 Å². The van der Waals surface area contributed by atoms with Crippen molar-refractivity contribution >= 4 is 11.7 Å². The molecule has 1 aliphatic heterocycles. The van der Waals surface area contributed by atoms with Crippen LogP contribution in [0.3, 0.4) is 0 Å². The quantitative estimate of drug-likeness (QED) is 0.774. The van der Waals surface area contributed by atoms with Crippen LogP contribution in [0.15, 0.2) is 88.4 Å². The highest BCUT2D eigenvalue weighted by atomic mass is 15.1. The van der Waals surface area contributed by atoms with Crippen LogP contribution in [0.1, 0.15) is 18.4 Å². The first-order valence-electron chi connectivity index (χ1n) is 7.60. The van der Waals surface area contributed by atoms with Crippen LogP contribution in [0.5, 0.6) is 0 Å². The summed E-state index contributed by atoms with van der Waals surface area (Å²) in [5, 5.41) is 0. The van der Waals surface area contributed by atoms with Crippen LogP contribution in [0.4, 0.5) is 0 Å². The normalized spacial score (nSPS) is 16.5. The lowest BCUT2D eigenvalue weighted by molar-refractivity contribution is 1.03. The standard InChI is InChI=1S/C20H16N2/c1-3-7-15(8-4-1)16-11-13-18(14-12-16)20-21-19(22-20)17-9-5-2-6-10-17/h1,3-5,7-14H,2,6H2. The summed E-state index contributed by atoms with van der Waals surface area (Å²) in [7, 11) is 0. The predicted octanol–water partition coefficient (Wildman–Crippen LogP) is 4.79. The van der Waals surface area contributed by atoms with E-state index in [1.807, 2.05) is 6.07 Å². The van der Waals surface area contributed by atoms with Gasteiger partial charge in [0.1, 0.15) is 0 Å². The molecule has 0 bridgehead atoms. The van der Waals surface area contributed by atoms with Crippen molar-refractivity contribution < 1.29 is 0 Å². The van der Waals surface area contributed by atoms with E-state index in [1.54, 1.807) is 0 Å². The molecule has 1 aliphatic carbocycles. The molecule has 2 aromatic rings. The van der Waals surface area contributed by atoms with Crippen LogP contribution in [-0.4, -0.2) is 11.7 Å². The van der Waals surface area contributed by atoms with Gasteiger partial charge in [-0.1, -0.05) is 72.8 Å². The Labute approximate surface area is 130 Å². The number of aliphatic imine (C=N–C) groups is 2. The molecule has 22 heavy (non-hydrogen) atoms. The van der Waals surface area contributed by atoms with Gasteiger partial charge in [0, 0.05) is 11.1 Å². The highest BCUT2D eigenvalue weighted by Gasteiger charge is 2.17. The van der Waals surface area contributed by atoms with E-state index in [4.69, 9.17) is 0 Å². The highest BCUT2D eigenvalue weighted by Crippen LogP contribution is 2.22. The van der Waals surface area contributed by atoms with Gasteiger partial charge in [0.05, 0.1) is 0 Å². The lowest BCUT2D eigenvalue weighted by Gasteiger charge is -2.15. The summed E-state index contributed by atoms with van der Waals surface area (Å²) < 4.78 is 0. The van der Waals surface area contributed by atoms with Gasteiger partial charge in [0.15, 0.2) is 11.7 Å². The van der Waals surface area contributed by atoms with Gasteiger partial charge < -0.3 is 0 Å². The van der Waals surface area contributed by atoms with E-state index in [0.717, 1.165) is 35.6 Å². The molecule has 4 rings (SSSR count). The second-order valence-corrected chi connectivity index (χ2v) is 5.45. The molecule has 0 saturated carbocycles. The summed E-state index contributed by atoms with van der Waals surface area (Å²) >= 11 is 0. The van der Waals surface area contributed by atoms with Crippen molar-refractivity contribution in [2.75, 3.05) is 0 Å². The van der Waals surface area contributed by atoms with Crippen molar-refractivity contribution in [3.8, 4) is 11.1 Å². The topological polar surface area (TPSA) is 24.7 Å². The van der Waals surface area contributed by atoms with Gasteiger partial charge in [-0.2, -0.15) is 0 Å². The lowest BCUT2D eigenvalue weighted by Crippen LogP contribution is -2.16. The summed E-state index contributed by atoms with van der Waals surface area (Å²) in [6.45, 7) is 0. The van der Waals surface area contributed by atoms with Crippen molar-refractivity contribution in [1.29, 1.82) is 0 Å². The zero-order chi connectivity index (χ0) is 14.8. The molecule has 0 spiro atoms. The number of hydrogen-bond acceptors (Lipinski definition) is 2. The molecule has 0 aromatic heterocycles. The Balaban J connectivity index is 1.51. The molecule has 1 heterocycles. The van der Waals surface area contributed by atoms with E-state index in [0.29, 0.717) is 0 Å². The Morgan fingerprint density at radius 2 is 1.32 bits per heavy atom. The molecule has 0 radical (unpaired) electrons. The molecule has 2 aromatic carbocycles. The van der Waals surface area contributed by atoms with E-state index < -0.39 is 0 Å². The van der Waals surface area contributed by atoms with E-state index in [-0.39, 0.29) is 0 Å². The van der Waals surface area contributed by atoms with Crippen molar-refractivity contribution in [3.63, 3.8) is 0 Å². The van der Waals surface area contributed by atoms with E-state index >= 15 is 0 Å². The summed E-state index contributed by atoms with van der Waals surface area (Å²) in [6, 6.07) is 18.8. The molecule has 2 nitrogen and oxygen atoms in total. The molecule has 2 heteroatoms. The molecular formula is C20H16N2. The molecular weight excluding hydrogens is 268 g/mol. The SMILES string of the molecule is C1=CC(C2=NC(c3ccc(-c4ccccc4)cc3)=N2)=CCC1. The third-order valence-corrected chi connectivity index (χ3v) is 3.93. The third kappa shape index (κ3) is 2.44. The Hall–Kier alpha value is -2.74. The lowest BCUT2D eigenvalue weighted by atomic mass is 10.0. The van der Waals surface area contributed by atoms with Gasteiger partial charge in [-0.05, 0) is 24.0 Å². The van der Waals surface area contributed by atoms with Crippen molar-refractivity contribution in [1.82, 2.24) is 0 Å². The van der Waals surface area contributed by atoms with Crippen molar-refractivity contribution in [2.45, 2.75) is 12.8 Å². The van der Waals surface area contributed by atoms with Gasteiger partial charge in [-0.15, -0.1) is 0 Å². The Morgan fingerprint density at radius 1 is 0.636 bits per heavy atom. The number of rotatable bonds is 3. The zero-order valence-corrected chi connectivity index (χ0v) is 12.2. The minimum atomic E-state index is 0.828. The molecule has 0 unspecified atom stereocenters. The van der Waals surface area contributed by atoms with Gasteiger partial charge in [-0.3, -0.25) is 0 Å². The Kier molecular flexibility index (Phi) is 3.28. The molecule has 0 N–H and O–H groups in total. The maximum absolute atomic E-state index is 4.56. The number of allylic oxidation sites excluding steroid dienone is 2. The fourth-order valence-electron chi connectivity index (χ4n) is 2.69. The highest BCUT2D eigenvalue weighted by molar-refractivity contribution is 6.24. The molecule has 0 saturated heterocycles. The molecule has 0 fully saturated rings. The van der Waals surface area contributed by atoms with Gasteiger partial charge in [-0.25, -0.2) is 9.98 Å². The summed E-state index contributed by atoms with van der Waals surface area (Å²) in [6.07, 6.45) is 8.70. The first-order chi connectivity index (χ1) is 10.9. The number of benzene rings is 2. The van der Waals surface area contributed by atoms with Gasteiger partial charge in [0.2, 0.25) is 0 Å². The number of hydrogen-bond donors (Lipinski definition) is 0. The monoisotopic (exact) mass is 284 g/mol. The molecule has 106 valence electrons. The molecule has 0 amide bonds. The first kappa shape index (κ1) is 13.0. The second kappa shape index (κ2) is 5.57. The van der Waals surface area contributed by atoms with Crippen molar-refractivity contribution in [2.24, 2.45) is 9.98 Å². The molecule has 2 aliphatic rings. The Bertz CT molecular complexity index is 807. The maximum Gasteiger partial charge on any atom is 0.164 e. The summed E-state index contributed by atoms with van der Waals surface area (Å²) in [5.74, 6) is 1.69. The predicted molar refractivity (Wildman–Crippen MR) is 92.3 cm³/mol. The summed E-state index contributed by atoms with van der Waals surface area (Å²) in [5.41, 5.74) is 4.66. The van der Waals surface area contributed by atoms with Crippen molar-refractivity contribution in [3.05, 3.63) is 84.0 Å². The fourth-order valence-corrected chi connectivity index (χ4v) is 2.69. The zero-order valence-electron chi connectivity index (χ0n) is 12.2. The van der Waals surface area contributed by atoms with Crippen LogP contribution in [0.25, 0.3) is 11.1 Å². The largest absolute Gasteiger partial charge is 0.208 e. The second-order valence-electron chi connectivity index (χ2n) is 5.45. The average molecular weight is 284 g/mol. The van der Waals surface area contributed by atoms with Crippen LogP contribution in [0.2, 0.25) is 0 Å². The van der Waals surface area contributed by atoms with Gasteiger partial charge >= 0.3 is 0 Å². The van der Waals surface area contributed by atoms with Crippen LogP contribution >= 0.6 is 0 Å². The van der Waals surface area contributed by atoms with Crippen LogP contribution in [-0.2, 0) is 0 Å². The van der Waals surface area contributed by atoms with Gasteiger partial charge in [0.25, 0.3) is 0 Å². The van der Waals surface area contributed by atoms with E-state index in [1.165, 1.54) is 11.1 Å². The Morgan fingerprint density at radius 3 is 2.00 bits per heavy atom. The van der Waals surface area contributed by atoms with E-state index in [2.05, 4.69) is 76.7 Å². The average Bonchev–Trinajstić information content (AvgIpc) is 2.56. The maximum atomic E-state index is 4.56. The smallest absolute Gasteiger partial charge is 0.164 e.